The summed E-state index contributed by atoms with van der Waals surface area (Å²) in [6.07, 6.45) is -4.42. The first kappa shape index (κ1) is 22.6. The van der Waals surface area contributed by atoms with Crippen LogP contribution in [0.2, 0.25) is 0 Å². The van der Waals surface area contributed by atoms with Gasteiger partial charge in [-0.25, -0.2) is 0 Å². The summed E-state index contributed by atoms with van der Waals surface area (Å²) in [5.41, 5.74) is 0. The van der Waals surface area contributed by atoms with E-state index in [1.54, 1.807) is 0 Å². The molecule has 0 atom stereocenters. The molecule has 0 aromatic heterocycles. The van der Waals surface area contributed by atoms with Crippen molar-refractivity contribution < 1.29 is 98.9 Å². The molecule has 0 aliphatic carbocycles. The molecule has 48 valence electrons. The molecule has 0 saturated heterocycles. The molecule has 0 unspecified atom stereocenters. The van der Waals surface area contributed by atoms with Crippen molar-refractivity contribution in [3.63, 3.8) is 0 Å². The number of hydrogen-bond donors (Lipinski definition) is 1. The van der Waals surface area contributed by atoms with Gasteiger partial charge < -0.3 is 30.0 Å². The smallest absolute Gasteiger partial charge is 0.652 e. The second-order valence-corrected chi connectivity index (χ2v) is 0.516. The van der Waals surface area contributed by atoms with Crippen LogP contribution in [-0.2, 0) is 0 Å². The third-order valence-corrected chi connectivity index (χ3v) is 0. The summed E-state index contributed by atoms with van der Waals surface area (Å²) in [5, 5.41) is 32.0. The largest absolute Gasteiger partial charge is 2.00 e. The van der Waals surface area contributed by atoms with Gasteiger partial charge in [0, 0.05) is 0 Å². The Hall–Kier alpha value is 1.85. The summed E-state index contributed by atoms with van der Waals surface area (Å²) in [7, 11) is 0. The topological polar surface area (TPSA) is 124 Å². The molecule has 0 aliphatic heterocycles. The van der Waals surface area contributed by atoms with Crippen molar-refractivity contribution in [3.8, 4) is 0 Å². The van der Waals surface area contributed by atoms with Crippen LogP contribution in [-0.4, -0.2) is 55.2 Å². The molecule has 8 heteroatoms. The molecule has 0 aromatic carbocycles. The number of carbonyl (C=O) groups is 2. The van der Waals surface area contributed by atoms with E-state index in [1.165, 1.54) is 0 Å². The van der Waals surface area contributed by atoms with E-state index in [0.29, 0.717) is 0 Å². The van der Waals surface area contributed by atoms with E-state index < -0.39 is 12.3 Å². The van der Waals surface area contributed by atoms with Crippen molar-refractivity contribution in [2.24, 2.45) is 0 Å². The van der Waals surface area contributed by atoms with Gasteiger partial charge in [0.1, 0.15) is 0 Å². The summed E-state index contributed by atoms with van der Waals surface area (Å²) in [5.74, 6) is 0. The summed E-state index contributed by atoms with van der Waals surface area (Å²) in [4.78, 5) is 16.8. The minimum Gasteiger partial charge on any atom is -0.652 e. The van der Waals surface area contributed by atoms with Gasteiger partial charge in [-0.05, 0) is 6.16 Å². The first-order valence-corrected chi connectivity index (χ1v) is 1.24. The predicted octanol–water partition coefficient (Wildman–Crippen LogP) is -6.94. The van der Waals surface area contributed by atoms with E-state index in [9.17, 15) is 0 Å². The average Bonchev–Trinajstić information content (AvgIpc) is 1.25. The molecule has 0 aromatic rings. The number of carbonyl (C=O) groups excluding carboxylic acids is 1. The molecular formula is C2HCaCsO6. The van der Waals surface area contributed by atoms with Crippen molar-refractivity contribution in [1.82, 2.24) is 0 Å². The zero-order valence-corrected chi connectivity index (χ0v) is 13.7. The van der Waals surface area contributed by atoms with Gasteiger partial charge >= 0.3 is 107 Å². The fourth-order valence-electron chi connectivity index (χ4n) is 0. The first-order valence-electron chi connectivity index (χ1n) is 1.24. The van der Waals surface area contributed by atoms with Gasteiger partial charge in [0.25, 0.3) is 0 Å². The molecule has 0 heterocycles. The molecular weight excluding hydrogens is 293 g/mol. The Balaban J connectivity index is -0.0000000300. The summed E-state index contributed by atoms with van der Waals surface area (Å²) in [6.45, 7) is 0. The van der Waals surface area contributed by atoms with E-state index in [4.69, 9.17) is 30.0 Å². The molecule has 10 heavy (non-hydrogen) atoms. The molecule has 0 radical (unpaired) electrons. The molecule has 0 bridgehead atoms. The average molecular weight is 294 g/mol. The van der Waals surface area contributed by atoms with Crippen molar-refractivity contribution in [2.75, 3.05) is 0 Å². The summed E-state index contributed by atoms with van der Waals surface area (Å²) < 4.78 is 0. The minimum absolute atomic E-state index is 0. The standard InChI is InChI=1S/2CH2O3.Ca.Cs/c2*2-1(3)4;;/h2*(H2,2,3,4);;/q;;+2;+1/p-3. The Labute approximate surface area is 145 Å². The van der Waals surface area contributed by atoms with Gasteiger partial charge in [0.2, 0.25) is 6.16 Å². The van der Waals surface area contributed by atoms with Gasteiger partial charge in [-0.1, -0.05) is 0 Å². The van der Waals surface area contributed by atoms with E-state index in [-0.39, 0.29) is 107 Å². The Morgan fingerprint density at radius 3 is 1.10 bits per heavy atom. The Morgan fingerprint density at radius 1 is 1.10 bits per heavy atom. The molecule has 1 N–H and O–H groups in total. The van der Waals surface area contributed by atoms with Crippen molar-refractivity contribution in [1.29, 1.82) is 0 Å². The first-order chi connectivity index (χ1) is 3.46. The third-order valence-electron chi connectivity index (χ3n) is 0. The van der Waals surface area contributed by atoms with Crippen LogP contribution < -0.4 is 84.2 Å². The third kappa shape index (κ3) is 225. The maximum absolute atomic E-state index is 8.44. The second kappa shape index (κ2) is 17.1. The monoisotopic (exact) mass is 294 g/mol. The molecule has 0 saturated carbocycles. The Morgan fingerprint density at radius 2 is 1.10 bits per heavy atom. The van der Waals surface area contributed by atoms with Crippen LogP contribution in [0.5, 0.6) is 0 Å². The van der Waals surface area contributed by atoms with E-state index >= 15 is 0 Å². The van der Waals surface area contributed by atoms with Crippen molar-refractivity contribution >= 4 is 50.0 Å². The van der Waals surface area contributed by atoms with E-state index in [2.05, 4.69) is 0 Å². The number of carboxylic acid groups (broad SMARTS) is 4. The quantitative estimate of drug-likeness (QED) is 0.443. The maximum atomic E-state index is 8.44. The van der Waals surface area contributed by atoms with E-state index in [1.807, 2.05) is 0 Å². The Bertz CT molecular complexity index is 73.7. The van der Waals surface area contributed by atoms with Gasteiger partial charge in [0.15, 0.2) is 0 Å². The fourth-order valence-corrected chi connectivity index (χ4v) is 0. The molecule has 0 fully saturated rings. The predicted molar refractivity (Wildman–Crippen MR) is 19.2 cm³/mol. The Kier molecular flexibility index (Phi) is 38.7. The maximum Gasteiger partial charge on any atom is 2.00 e. The number of rotatable bonds is 0. The summed E-state index contributed by atoms with van der Waals surface area (Å²) in [6, 6.07) is 0. The zero-order valence-electron chi connectivity index (χ0n) is 5.20. The van der Waals surface area contributed by atoms with Gasteiger partial charge in [-0.3, -0.25) is 0 Å². The molecule has 0 spiro atoms. The molecule has 0 rings (SSSR count). The van der Waals surface area contributed by atoms with Crippen LogP contribution in [0.1, 0.15) is 0 Å². The van der Waals surface area contributed by atoms with Crippen LogP contribution in [0, 0.1) is 0 Å². The minimum atomic E-state index is -2.33. The van der Waals surface area contributed by atoms with Gasteiger partial charge in [0.05, 0.1) is 0 Å². The number of hydrogen-bond acceptors (Lipinski definition) is 5. The van der Waals surface area contributed by atoms with Crippen LogP contribution in [0.25, 0.3) is 0 Å². The second-order valence-electron chi connectivity index (χ2n) is 0.516. The SMILES string of the molecule is O=C([O-])O.O=C([O-])[O-].[Ca+2].[Cs+]. The van der Waals surface area contributed by atoms with Gasteiger partial charge in [-0.2, -0.15) is 0 Å². The molecule has 6 nitrogen and oxygen atoms in total. The van der Waals surface area contributed by atoms with Crippen LogP contribution in [0.4, 0.5) is 9.59 Å². The normalized spacial score (nSPS) is 4.80. The van der Waals surface area contributed by atoms with Gasteiger partial charge in [-0.15, -0.1) is 0 Å². The van der Waals surface area contributed by atoms with Crippen LogP contribution in [0.15, 0.2) is 0 Å². The molecule has 0 amide bonds. The summed E-state index contributed by atoms with van der Waals surface area (Å²) >= 11 is 0. The van der Waals surface area contributed by atoms with Crippen LogP contribution in [0.3, 0.4) is 0 Å². The van der Waals surface area contributed by atoms with Crippen molar-refractivity contribution in [2.45, 2.75) is 0 Å². The zero-order chi connectivity index (χ0) is 7.15. The van der Waals surface area contributed by atoms with E-state index in [0.717, 1.165) is 0 Å². The fraction of sp³-hybridized carbons (Fsp3) is 0. The van der Waals surface area contributed by atoms with Crippen molar-refractivity contribution in [3.05, 3.63) is 0 Å². The van der Waals surface area contributed by atoms with Crippen LogP contribution >= 0.6 is 0 Å². The molecule has 0 aliphatic rings.